The lowest BCUT2D eigenvalue weighted by atomic mass is 9.71. The van der Waals surface area contributed by atoms with Gasteiger partial charge in [0.2, 0.25) is 5.92 Å². The van der Waals surface area contributed by atoms with Crippen LogP contribution in [0.15, 0.2) is 0 Å². The summed E-state index contributed by atoms with van der Waals surface area (Å²) in [7, 11) is 0. The molecule has 1 unspecified atom stereocenters. The van der Waals surface area contributed by atoms with Gasteiger partial charge in [0.15, 0.2) is 0 Å². The largest absolute Gasteiger partial charge is 0.392 e. The van der Waals surface area contributed by atoms with Gasteiger partial charge in [0.25, 0.3) is 0 Å². The molecule has 1 N–H and O–H groups in total. The van der Waals surface area contributed by atoms with Gasteiger partial charge in [-0.3, -0.25) is 4.79 Å². The second-order valence-corrected chi connectivity index (χ2v) is 5.64. The molecule has 1 aliphatic rings. The van der Waals surface area contributed by atoms with E-state index in [0.29, 0.717) is 19.3 Å². The van der Waals surface area contributed by atoms with E-state index in [0.717, 1.165) is 0 Å². The molecule has 0 aromatic heterocycles. The Morgan fingerprint density at radius 3 is 2.29 bits per heavy atom. The number of alkyl halides is 2. The molecule has 0 aromatic rings. The van der Waals surface area contributed by atoms with E-state index in [-0.39, 0.29) is 24.5 Å². The molecular formula is C13H22F2O2. The fraction of sp³-hybridized carbons (Fsp3) is 0.923. The number of carbonyl (C=O) groups excluding carboxylic acids is 1. The quantitative estimate of drug-likeness (QED) is 0.829. The van der Waals surface area contributed by atoms with Crippen molar-refractivity contribution < 1.29 is 18.7 Å². The van der Waals surface area contributed by atoms with Gasteiger partial charge in [-0.05, 0) is 18.8 Å². The van der Waals surface area contributed by atoms with Crippen LogP contribution < -0.4 is 0 Å². The molecule has 17 heavy (non-hydrogen) atoms. The zero-order valence-corrected chi connectivity index (χ0v) is 10.8. The Morgan fingerprint density at radius 1 is 1.41 bits per heavy atom. The lowest BCUT2D eigenvalue weighted by Crippen LogP contribution is -2.44. The highest BCUT2D eigenvalue weighted by molar-refractivity contribution is 5.84. The van der Waals surface area contributed by atoms with Crippen LogP contribution in [0.1, 0.15) is 52.9 Å². The number of halogens is 2. The Kier molecular flexibility index (Phi) is 4.28. The average Bonchev–Trinajstić information content (AvgIpc) is 2.27. The first-order valence-electron chi connectivity index (χ1n) is 6.30. The fourth-order valence-corrected chi connectivity index (χ4v) is 2.59. The van der Waals surface area contributed by atoms with Gasteiger partial charge in [0.05, 0.1) is 6.10 Å². The maximum absolute atomic E-state index is 13.0. The van der Waals surface area contributed by atoms with Gasteiger partial charge in [-0.2, -0.15) is 0 Å². The third kappa shape index (κ3) is 3.24. The van der Waals surface area contributed by atoms with Gasteiger partial charge in [-0.1, -0.05) is 20.8 Å². The molecule has 1 aliphatic carbocycles. The van der Waals surface area contributed by atoms with Crippen LogP contribution in [0.5, 0.6) is 0 Å². The van der Waals surface area contributed by atoms with Crippen LogP contribution >= 0.6 is 0 Å². The highest BCUT2D eigenvalue weighted by Crippen LogP contribution is 2.41. The predicted octanol–water partition coefficient (Wildman–Crippen LogP) is 3.18. The van der Waals surface area contributed by atoms with Crippen LogP contribution in [0.25, 0.3) is 0 Å². The van der Waals surface area contributed by atoms with Crippen LogP contribution in [-0.4, -0.2) is 22.9 Å². The zero-order chi connectivity index (χ0) is 13.3. The van der Waals surface area contributed by atoms with E-state index in [9.17, 15) is 18.7 Å². The van der Waals surface area contributed by atoms with E-state index in [1.165, 1.54) is 0 Å². The van der Waals surface area contributed by atoms with E-state index in [1.54, 1.807) is 20.8 Å². The molecule has 4 heteroatoms. The Labute approximate surface area is 101 Å². The molecule has 0 amide bonds. The molecule has 0 bridgehead atoms. The summed E-state index contributed by atoms with van der Waals surface area (Å²) < 4.78 is 26.0. The predicted molar refractivity (Wildman–Crippen MR) is 62.0 cm³/mol. The Bertz CT molecular complexity index is 277. The fourth-order valence-electron chi connectivity index (χ4n) is 2.59. The van der Waals surface area contributed by atoms with Crippen molar-refractivity contribution in [3.63, 3.8) is 0 Å². The number of rotatable bonds is 4. The SMILES string of the molecule is CCC(=O)C(C)(C)C(O)C1CCC(F)(F)CC1. The number of carbonyl (C=O) groups is 1. The molecule has 2 nitrogen and oxygen atoms in total. The minimum atomic E-state index is -2.59. The van der Waals surface area contributed by atoms with E-state index in [1.807, 2.05) is 0 Å². The van der Waals surface area contributed by atoms with Crippen molar-refractivity contribution in [3.05, 3.63) is 0 Å². The van der Waals surface area contributed by atoms with Gasteiger partial charge >= 0.3 is 0 Å². The number of hydrogen-bond donors (Lipinski definition) is 1. The third-order valence-corrected chi connectivity index (χ3v) is 3.99. The highest BCUT2D eigenvalue weighted by atomic mass is 19.3. The highest BCUT2D eigenvalue weighted by Gasteiger charge is 2.43. The Balaban J connectivity index is 2.65. The summed E-state index contributed by atoms with van der Waals surface area (Å²) in [5.41, 5.74) is -0.827. The normalized spacial score (nSPS) is 23.4. The molecule has 1 rings (SSSR count). The monoisotopic (exact) mass is 248 g/mol. The zero-order valence-electron chi connectivity index (χ0n) is 10.8. The maximum Gasteiger partial charge on any atom is 0.248 e. The van der Waals surface area contributed by atoms with E-state index in [4.69, 9.17) is 0 Å². The molecule has 1 atom stereocenters. The van der Waals surface area contributed by atoms with E-state index < -0.39 is 17.4 Å². The number of Topliss-reactive ketones (excluding diaryl/α,β-unsaturated/α-hetero) is 1. The molecular weight excluding hydrogens is 226 g/mol. The standard InChI is InChI=1S/C13H22F2O2/c1-4-10(16)12(2,3)11(17)9-5-7-13(14,15)8-6-9/h9,11,17H,4-8H2,1-3H3. The molecule has 0 aliphatic heterocycles. The van der Waals surface area contributed by atoms with Crippen molar-refractivity contribution in [2.24, 2.45) is 11.3 Å². The number of aliphatic hydroxyl groups is 1. The average molecular weight is 248 g/mol. The first kappa shape index (κ1) is 14.6. The van der Waals surface area contributed by atoms with Gasteiger partial charge in [-0.15, -0.1) is 0 Å². The second-order valence-electron chi connectivity index (χ2n) is 5.64. The molecule has 0 aromatic carbocycles. The van der Waals surface area contributed by atoms with Crippen LogP contribution in [0.4, 0.5) is 8.78 Å². The van der Waals surface area contributed by atoms with Crippen molar-refractivity contribution in [2.45, 2.75) is 64.9 Å². The lowest BCUT2D eigenvalue weighted by Gasteiger charge is -2.38. The van der Waals surface area contributed by atoms with Gasteiger partial charge in [-0.25, -0.2) is 8.78 Å². The van der Waals surface area contributed by atoms with Crippen molar-refractivity contribution in [1.29, 1.82) is 0 Å². The maximum atomic E-state index is 13.0. The lowest BCUT2D eigenvalue weighted by molar-refractivity contribution is -0.138. The summed E-state index contributed by atoms with van der Waals surface area (Å²) in [5, 5.41) is 10.2. The first-order valence-corrected chi connectivity index (χ1v) is 6.30. The van der Waals surface area contributed by atoms with E-state index in [2.05, 4.69) is 0 Å². The van der Waals surface area contributed by atoms with Gasteiger partial charge < -0.3 is 5.11 Å². The van der Waals surface area contributed by atoms with Crippen molar-refractivity contribution in [2.75, 3.05) is 0 Å². The molecule has 0 radical (unpaired) electrons. The molecule has 1 saturated carbocycles. The molecule has 0 heterocycles. The van der Waals surface area contributed by atoms with Crippen molar-refractivity contribution in [1.82, 2.24) is 0 Å². The van der Waals surface area contributed by atoms with Crippen LogP contribution in [0.2, 0.25) is 0 Å². The smallest absolute Gasteiger partial charge is 0.248 e. The second kappa shape index (κ2) is 5.01. The summed E-state index contributed by atoms with van der Waals surface area (Å²) in [4.78, 5) is 11.7. The summed E-state index contributed by atoms with van der Waals surface area (Å²) in [6.45, 7) is 5.17. The Hall–Kier alpha value is -0.510. The number of hydrogen-bond acceptors (Lipinski definition) is 2. The van der Waals surface area contributed by atoms with Gasteiger partial charge in [0, 0.05) is 24.7 Å². The van der Waals surface area contributed by atoms with Crippen LogP contribution in [-0.2, 0) is 4.79 Å². The minimum absolute atomic E-state index is 0.0117. The van der Waals surface area contributed by atoms with Crippen molar-refractivity contribution in [3.8, 4) is 0 Å². The minimum Gasteiger partial charge on any atom is -0.392 e. The van der Waals surface area contributed by atoms with Crippen LogP contribution in [0, 0.1) is 11.3 Å². The van der Waals surface area contributed by atoms with Crippen molar-refractivity contribution >= 4 is 5.78 Å². The molecule has 0 spiro atoms. The van der Waals surface area contributed by atoms with Gasteiger partial charge in [0.1, 0.15) is 5.78 Å². The number of aliphatic hydroxyl groups excluding tert-OH is 1. The molecule has 0 saturated heterocycles. The summed E-state index contributed by atoms with van der Waals surface area (Å²) >= 11 is 0. The summed E-state index contributed by atoms with van der Waals surface area (Å²) in [6, 6.07) is 0. The molecule has 1 fully saturated rings. The van der Waals surface area contributed by atoms with Crippen LogP contribution in [0.3, 0.4) is 0 Å². The first-order chi connectivity index (χ1) is 7.70. The third-order valence-electron chi connectivity index (χ3n) is 3.99. The summed E-state index contributed by atoms with van der Waals surface area (Å²) in [5.74, 6) is -2.78. The topological polar surface area (TPSA) is 37.3 Å². The Morgan fingerprint density at radius 2 is 1.88 bits per heavy atom. The summed E-state index contributed by atoms with van der Waals surface area (Å²) in [6.07, 6.45) is -0.196. The number of ketones is 1. The molecule has 100 valence electrons. The van der Waals surface area contributed by atoms with E-state index >= 15 is 0 Å².